The maximum Gasteiger partial charge on any atom is 0.224 e. The molecule has 0 bridgehead atoms. The average molecular weight is 356 g/mol. The number of hydrogen-bond donors (Lipinski definition) is 1. The topological polar surface area (TPSA) is 53.0 Å². The van der Waals surface area contributed by atoms with Gasteiger partial charge in [0.1, 0.15) is 5.75 Å². The molecule has 140 valence electrons. The van der Waals surface area contributed by atoms with Crippen LogP contribution < -0.4 is 4.74 Å². The van der Waals surface area contributed by atoms with Crippen LogP contribution in [0.1, 0.15) is 24.8 Å². The molecule has 1 fully saturated rings. The summed E-state index contributed by atoms with van der Waals surface area (Å²) in [7, 11) is 5.14. The zero-order valence-electron chi connectivity index (χ0n) is 15.9. The minimum absolute atomic E-state index is 0.0194. The molecule has 0 spiro atoms. The Morgan fingerprint density at radius 1 is 1.23 bits per heavy atom. The van der Waals surface area contributed by atoms with Crippen molar-refractivity contribution in [2.24, 2.45) is 0 Å². The molecule has 5 heteroatoms. The van der Waals surface area contributed by atoms with Gasteiger partial charge in [-0.05, 0) is 53.9 Å². The number of hydrogen-bond acceptors (Lipinski definition) is 4. The fourth-order valence-corrected chi connectivity index (χ4v) is 3.68. The number of carbonyl (C=O) groups excluding carboxylic acids is 1. The van der Waals surface area contributed by atoms with E-state index in [2.05, 4.69) is 29.2 Å². The van der Waals surface area contributed by atoms with Crippen molar-refractivity contribution in [2.75, 3.05) is 34.3 Å². The Hall–Kier alpha value is -2.11. The number of methoxy groups -OCH3 is 1. The van der Waals surface area contributed by atoms with Gasteiger partial charge in [-0.3, -0.25) is 9.69 Å². The number of piperidine rings is 1. The predicted octanol–water partition coefficient (Wildman–Crippen LogP) is 2.65. The maximum atomic E-state index is 12.0. The van der Waals surface area contributed by atoms with Crippen LogP contribution in [0.3, 0.4) is 0 Å². The average Bonchev–Trinajstić information content (AvgIpc) is 2.60. The lowest BCUT2D eigenvalue weighted by Gasteiger charge is -2.39. The summed E-state index contributed by atoms with van der Waals surface area (Å²) in [5.74, 6) is 0.839. The van der Waals surface area contributed by atoms with Crippen molar-refractivity contribution in [1.29, 1.82) is 0 Å². The van der Waals surface area contributed by atoms with Gasteiger partial charge in [0.05, 0.1) is 19.1 Å². The van der Waals surface area contributed by atoms with Gasteiger partial charge in [-0.15, -0.1) is 0 Å². The van der Waals surface area contributed by atoms with E-state index in [1.54, 1.807) is 26.1 Å². The van der Waals surface area contributed by atoms with Crippen molar-refractivity contribution in [3.8, 4) is 5.75 Å². The van der Waals surface area contributed by atoms with Crippen LogP contribution in [-0.4, -0.2) is 60.7 Å². The first kappa shape index (κ1) is 18.7. The van der Waals surface area contributed by atoms with Gasteiger partial charge >= 0.3 is 0 Å². The van der Waals surface area contributed by atoms with Gasteiger partial charge in [-0.1, -0.05) is 18.2 Å². The molecule has 2 aromatic carbocycles. The summed E-state index contributed by atoms with van der Waals surface area (Å²) < 4.78 is 5.28. The highest BCUT2D eigenvalue weighted by Crippen LogP contribution is 2.27. The molecular formula is C21H28N2O3. The lowest BCUT2D eigenvalue weighted by molar-refractivity contribution is -0.136. The molecule has 26 heavy (non-hydrogen) atoms. The van der Waals surface area contributed by atoms with Gasteiger partial charge in [-0.25, -0.2) is 0 Å². The summed E-state index contributed by atoms with van der Waals surface area (Å²) in [6.45, 7) is 2.26. The number of likely N-dealkylation sites (tertiary alicyclic amines) is 1. The van der Waals surface area contributed by atoms with Gasteiger partial charge in [0.2, 0.25) is 5.91 Å². The van der Waals surface area contributed by atoms with Crippen molar-refractivity contribution >= 4 is 16.7 Å². The number of ether oxygens (including phenoxy) is 1. The Kier molecular flexibility index (Phi) is 5.49. The van der Waals surface area contributed by atoms with Crippen LogP contribution in [0.15, 0.2) is 36.4 Å². The van der Waals surface area contributed by atoms with Gasteiger partial charge in [0.25, 0.3) is 0 Å². The van der Waals surface area contributed by atoms with Crippen molar-refractivity contribution in [3.63, 3.8) is 0 Å². The van der Waals surface area contributed by atoms with E-state index in [1.807, 2.05) is 12.1 Å². The van der Waals surface area contributed by atoms with Gasteiger partial charge < -0.3 is 14.7 Å². The first-order valence-corrected chi connectivity index (χ1v) is 9.10. The number of benzene rings is 2. The van der Waals surface area contributed by atoms with Crippen LogP contribution >= 0.6 is 0 Å². The van der Waals surface area contributed by atoms with Crippen LogP contribution in [0.5, 0.6) is 5.75 Å². The van der Waals surface area contributed by atoms with Crippen molar-refractivity contribution in [2.45, 2.75) is 31.4 Å². The normalized spacial score (nSPS) is 20.9. The largest absolute Gasteiger partial charge is 0.497 e. The summed E-state index contributed by atoms with van der Waals surface area (Å²) in [6, 6.07) is 12.5. The van der Waals surface area contributed by atoms with E-state index in [9.17, 15) is 9.90 Å². The smallest absolute Gasteiger partial charge is 0.224 e. The van der Waals surface area contributed by atoms with Crippen molar-refractivity contribution in [3.05, 3.63) is 42.0 Å². The fraction of sp³-hybridized carbons (Fsp3) is 0.476. The van der Waals surface area contributed by atoms with Gasteiger partial charge in [0.15, 0.2) is 0 Å². The second-order valence-electron chi connectivity index (χ2n) is 7.55. The molecule has 2 aromatic rings. The van der Waals surface area contributed by atoms with Crippen molar-refractivity contribution in [1.82, 2.24) is 9.80 Å². The lowest BCUT2D eigenvalue weighted by Crippen LogP contribution is -2.50. The predicted molar refractivity (Wildman–Crippen MR) is 103 cm³/mol. The molecule has 0 aromatic heterocycles. The molecular weight excluding hydrogens is 328 g/mol. The molecule has 1 unspecified atom stereocenters. The highest BCUT2D eigenvalue weighted by Gasteiger charge is 2.35. The highest BCUT2D eigenvalue weighted by atomic mass is 16.5. The zero-order chi connectivity index (χ0) is 18.7. The Morgan fingerprint density at radius 2 is 1.96 bits per heavy atom. The molecule has 1 N–H and O–H groups in total. The highest BCUT2D eigenvalue weighted by molar-refractivity contribution is 5.84. The van der Waals surface area contributed by atoms with E-state index in [4.69, 9.17) is 4.74 Å². The standard InChI is InChI=1S/C21H28N2O3/c1-22(2)20(24)13-21(25)9-4-10-23(15-21)14-16-5-6-18-12-19(26-3)8-7-17(18)11-16/h5-8,11-12,25H,4,9-10,13-15H2,1-3H3. The number of nitrogens with zero attached hydrogens (tertiary/aromatic N) is 2. The third-order valence-electron chi connectivity index (χ3n) is 5.13. The van der Waals surface area contributed by atoms with E-state index < -0.39 is 5.60 Å². The monoisotopic (exact) mass is 356 g/mol. The maximum absolute atomic E-state index is 12.0. The summed E-state index contributed by atoms with van der Waals surface area (Å²) in [4.78, 5) is 15.8. The second-order valence-corrected chi connectivity index (χ2v) is 7.55. The number of fused-ring (bicyclic) bond motifs is 1. The minimum Gasteiger partial charge on any atom is -0.497 e. The Morgan fingerprint density at radius 3 is 2.69 bits per heavy atom. The quantitative estimate of drug-likeness (QED) is 0.895. The molecule has 1 amide bonds. The molecule has 0 saturated carbocycles. The molecule has 0 radical (unpaired) electrons. The molecule has 1 aliphatic heterocycles. The minimum atomic E-state index is -0.927. The van der Waals surface area contributed by atoms with E-state index in [1.165, 1.54) is 10.9 Å². The van der Waals surface area contributed by atoms with E-state index in [0.29, 0.717) is 13.0 Å². The van der Waals surface area contributed by atoms with Crippen LogP contribution in [0, 0.1) is 0 Å². The Bertz CT molecular complexity index is 790. The summed E-state index contributed by atoms with van der Waals surface area (Å²) in [6.07, 6.45) is 1.77. The molecule has 3 rings (SSSR count). The first-order valence-electron chi connectivity index (χ1n) is 9.10. The Balaban J connectivity index is 1.70. The number of aliphatic hydroxyl groups is 1. The third kappa shape index (κ3) is 4.34. The second kappa shape index (κ2) is 7.64. The molecule has 1 saturated heterocycles. The van der Waals surface area contributed by atoms with Crippen LogP contribution in [-0.2, 0) is 11.3 Å². The molecule has 5 nitrogen and oxygen atoms in total. The molecule has 1 atom stereocenters. The number of β-amino-alcohol motifs (C(OH)–C–C–N with tert-alkyl or cyclic N) is 1. The van der Waals surface area contributed by atoms with Crippen LogP contribution in [0.25, 0.3) is 10.8 Å². The number of carbonyl (C=O) groups is 1. The fourth-order valence-electron chi connectivity index (χ4n) is 3.68. The Labute approximate surface area is 155 Å². The van der Waals surface area contributed by atoms with Gasteiger partial charge in [0, 0.05) is 27.2 Å². The number of rotatable bonds is 5. The summed E-state index contributed by atoms with van der Waals surface area (Å²) in [5, 5.41) is 13.2. The molecule has 1 aliphatic rings. The van der Waals surface area contributed by atoms with E-state index >= 15 is 0 Å². The SMILES string of the molecule is COc1ccc2cc(CN3CCCC(O)(CC(=O)N(C)C)C3)ccc2c1. The molecule has 1 heterocycles. The lowest BCUT2D eigenvalue weighted by atomic mass is 9.89. The van der Waals surface area contributed by atoms with Crippen LogP contribution in [0.4, 0.5) is 0 Å². The summed E-state index contributed by atoms with van der Waals surface area (Å²) in [5.41, 5.74) is 0.287. The summed E-state index contributed by atoms with van der Waals surface area (Å²) >= 11 is 0. The number of amides is 1. The molecule has 0 aliphatic carbocycles. The first-order chi connectivity index (χ1) is 12.4. The van der Waals surface area contributed by atoms with Crippen LogP contribution in [0.2, 0.25) is 0 Å². The van der Waals surface area contributed by atoms with E-state index in [0.717, 1.165) is 30.6 Å². The zero-order valence-corrected chi connectivity index (χ0v) is 15.9. The third-order valence-corrected chi connectivity index (χ3v) is 5.13. The van der Waals surface area contributed by atoms with Crippen molar-refractivity contribution < 1.29 is 14.6 Å². The van der Waals surface area contributed by atoms with Gasteiger partial charge in [-0.2, -0.15) is 0 Å². The van der Waals surface area contributed by atoms with E-state index in [-0.39, 0.29) is 12.3 Å².